The van der Waals surface area contributed by atoms with Crippen molar-refractivity contribution in [3.8, 4) is 0 Å². The van der Waals surface area contributed by atoms with Crippen LogP contribution in [0.25, 0.3) is 0 Å². The molecule has 0 bridgehead atoms. The van der Waals surface area contributed by atoms with Gasteiger partial charge in [-0.05, 0) is 22.6 Å². The topological polar surface area (TPSA) is 112 Å². The molecular weight excluding hydrogens is 384 g/mol. The van der Waals surface area contributed by atoms with Crippen LogP contribution in [0.1, 0.15) is 54.7 Å². The summed E-state index contributed by atoms with van der Waals surface area (Å²) in [6.07, 6.45) is -0.425. The third kappa shape index (κ3) is 5.29. The van der Waals surface area contributed by atoms with Crippen molar-refractivity contribution < 1.29 is 19.6 Å². The lowest BCUT2D eigenvalue weighted by Crippen LogP contribution is -2.34. The van der Waals surface area contributed by atoms with Crippen molar-refractivity contribution in [2.24, 2.45) is 0 Å². The zero-order valence-corrected chi connectivity index (χ0v) is 16.4. The molecule has 2 rings (SSSR count). The number of aliphatic carboxylic acids is 1. The molecule has 148 valence electrons. The molecule has 28 heavy (non-hydrogen) atoms. The molecule has 1 amide bonds. The summed E-state index contributed by atoms with van der Waals surface area (Å²) in [7, 11) is 0. The molecule has 7 nitrogen and oxygen atoms in total. The van der Waals surface area contributed by atoms with E-state index in [0.29, 0.717) is 5.56 Å². The number of nitrogens with one attached hydrogen (secondary N) is 1. The van der Waals surface area contributed by atoms with Crippen molar-refractivity contribution in [3.63, 3.8) is 0 Å². The summed E-state index contributed by atoms with van der Waals surface area (Å²) in [5, 5.41) is 24.5. The molecule has 2 aromatic carbocycles. The predicted molar refractivity (Wildman–Crippen MR) is 103 cm³/mol. The predicted octanol–water partition coefficient (Wildman–Crippen LogP) is 3.16. The van der Waals surface area contributed by atoms with Crippen LogP contribution in [-0.2, 0) is 10.2 Å². The molecule has 0 saturated heterocycles. The van der Waals surface area contributed by atoms with Gasteiger partial charge in [0.1, 0.15) is 0 Å². The number of hydrogen-bond acceptors (Lipinski definition) is 5. The molecule has 2 aromatic rings. The molecule has 0 saturated carbocycles. The monoisotopic (exact) mass is 403 g/mol. The maximum absolute atomic E-state index is 12.6. The molecule has 0 heterocycles. The Bertz CT molecular complexity index is 904. The van der Waals surface area contributed by atoms with Crippen LogP contribution in [0, 0.1) is 10.1 Å². The first kappa shape index (κ1) is 21.4. The fourth-order valence-corrected chi connectivity index (χ4v) is 2.93. The van der Waals surface area contributed by atoms with E-state index in [1.165, 1.54) is 6.07 Å². The van der Waals surface area contributed by atoms with Gasteiger partial charge < -0.3 is 15.2 Å². The highest BCUT2D eigenvalue weighted by atomic mass is 35.5. The number of carbonyl (C=O) groups is 2. The second kappa shape index (κ2) is 8.39. The summed E-state index contributed by atoms with van der Waals surface area (Å²) < 4.78 is 0. The summed E-state index contributed by atoms with van der Waals surface area (Å²) in [6.45, 7) is 6.16. The van der Waals surface area contributed by atoms with Gasteiger partial charge >= 0.3 is 0 Å². The zero-order valence-electron chi connectivity index (χ0n) is 15.7. The molecule has 1 N–H and O–H groups in total. The van der Waals surface area contributed by atoms with Crippen molar-refractivity contribution in [2.75, 3.05) is 0 Å². The van der Waals surface area contributed by atoms with Gasteiger partial charge in [-0.1, -0.05) is 56.6 Å². The Morgan fingerprint density at radius 1 is 1.14 bits per heavy atom. The number of non-ortho nitro benzene ring substituents is 1. The van der Waals surface area contributed by atoms with Crippen LogP contribution in [0.2, 0.25) is 5.02 Å². The molecular formula is C20H20ClN2O5-. The van der Waals surface area contributed by atoms with Gasteiger partial charge in [0.25, 0.3) is 11.6 Å². The van der Waals surface area contributed by atoms with E-state index in [9.17, 15) is 24.8 Å². The number of benzene rings is 2. The standard InChI is InChI=1S/C20H21ClN2O5/c1-20(2,3)13-6-4-12(5-7-13)17(11-18(24)25)22-19(26)15-9-8-14(23(27)28)10-16(15)21/h4-10,17H,11H2,1-3H3,(H,22,26)(H,24,25)/p-1/t17-/m1/s1. The zero-order chi connectivity index (χ0) is 21.1. The summed E-state index contributed by atoms with van der Waals surface area (Å²) in [5.74, 6) is -1.95. The molecule has 0 aliphatic carbocycles. The van der Waals surface area contributed by atoms with Crippen LogP contribution >= 0.6 is 11.6 Å². The van der Waals surface area contributed by atoms with Gasteiger partial charge in [-0.15, -0.1) is 0 Å². The number of rotatable bonds is 6. The Kier molecular flexibility index (Phi) is 6.41. The molecule has 0 radical (unpaired) electrons. The first-order chi connectivity index (χ1) is 13.0. The number of amides is 1. The maximum atomic E-state index is 12.6. The van der Waals surface area contributed by atoms with E-state index in [-0.39, 0.29) is 21.7 Å². The maximum Gasteiger partial charge on any atom is 0.270 e. The minimum absolute atomic E-state index is 0.0157. The lowest BCUT2D eigenvalue weighted by molar-refractivity contribution is -0.384. The Labute approximate surface area is 167 Å². The van der Waals surface area contributed by atoms with Crippen LogP contribution in [-0.4, -0.2) is 16.8 Å². The molecule has 0 spiro atoms. The van der Waals surface area contributed by atoms with Crippen LogP contribution in [0.3, 0.4) is 0 Å². The molecule has 0 fully saturated rings. The third-order valence-corrected chi connectivity index (χ3v) is 4.58. The van der Waals surface area contributed by atoms with E-state index in [1.807, 2.05) is 12.1 Å². The van der Waals surface area contributed by atoms with Crippen molar-refractivity contribution in [1.82, 2.24) is 5.32 Å². The van der Waals surface area contributed by atoms with E-state index in [2.05, 4.69) is 26.1 Å². The van der Waals surface area contributed by atoms with E-state index in [1.54, 1.807) is 12.1 Å². The number of carboxylic acids is 1. The van der Waals surface area contributed by atoms with Crippen LogP contribution in [0.15, 0.2) is 42.5 Å². The third-order valence-electron chi connectivity index (χ3n) is 4.26. The minimum Gasteiger partial charge on any atom is -0.550 e. The highest BCUT2D eigenvalue weighted by Gasteiger charge is 2.21. The van der Waals surface area contributed by atoms with E-state index < -0.39 is 29.3 Å². The van der Waals surface area contributed by atoms with E-state index in [0.717, 1.165) is 17.7 Å². The molecule has 0 aliphatic rings. The van der Waals surface area contributed by atoms with Gasteiger partial charge in [-0.3, -0.25) is 14.9 Å². The first-order valence-corrected chi connectivity index (χ1v) is 8.92. The highest BCUT2D eigenvalue weighted by Crippen LogP contribution is 2.26. The SMILES string of the molecule is CC(C)(C)c1ccc([C@@H](CC(=O)[O-])NC(=O)c2ccc([N+](=O)[O-])cc2Cl)cc1. The lowest BCUT2D eigenvalue weighted by Gasteiger charge is -2.23. The average molecular weight is 404 g/mol. The smallest absolute Gasteiger partial charge is 0.270 e. The molecule has 0 unspecified atom stereocenters. The Morgan fingerprint density at radius 2 is 1.75 bits per heavy atom. The van der Waals surface area contributed by atoms with Crippen LogP contribution in [0.5, 0.6) is 0 Å². The lowest BCUT2D eigenvalue weighted by atomic mass is 9.86. The summed E-state index contributed by atoms with van der Waals surface area (Å²) in [4.78, 5) is 33.9. The second-order valence-corrected chi connectivity index (χ2v) is 7.80. The number of nitro benzene ring substituents is 1. The Balaban J connectivity index is 2.28. The van der Waals surface area contributed by atoms with Gasteiger partial charge in [0.05, 0.1) is 21.6 Å². The minimum atomic E-state index is -1.32. The normalized spacial score (nSPS) is 12.3. The average Bonchev–Trinajstić information content (AvgIpc) is 2.59. The number of nitro groups is 1. The van der Waals surface area contributed by atoms with Gasteiger partial charge in [0, 0.05) is 24.5 Å². The van der Waals surface area contributed by atoms with Gasteiger partial charge in [-0.2, -0.15) is 0 Å². The van der Waals surface area contributed by atoms with Crippen molar-refractivity contribution in [1.29, 1.82) is 0 Å². The van der Waals surface area contributed by atoms with E-state index in [4.69, 9.17) is 11.6 Å². The number of hydrogen-bond donors (Lipinski definition) is 1. The van der Waals surface area contributed by atoms with Gasteiger partial charge in [0.15, 0.2) is 0 Å². The fourth-order valence-electron chi connectivity index (χ4n) is 2.67. The Morgan fingerprint density at radius 3 is 2.21 bits per heavy atom. The van der Waals surface area contributed by atoms with Gasteiger partial charge in [0.2, 0.25) is 0 Å². The quantitative estimate of drug-likeness (QED) is 0.588. The number of halogens is 1. The van der Waals surface area contributed by atoms with Crippen LogP contribution < -0.4 is 10.4 Å². The number of carbonyl (C=O) groups excluding carboxylic acids is 2. The summed E-state index contributed by atoms with van der Waals surface area (Å²) in [5.41, 5.74) is 1.36. The number of nitrogens with zero attached hydrogens (tertiary/aromatic N) is 1. The number of carboxylic acid groups (broad SMARTS) is 1. The van der Waals surface area contributed by atoms with Crippen molar-refractivity contribution in [3.05, 3.63) is 74.3 Å². The fraction of sp³-hybridized carbons (Fsp3) is 0.300. The summed E-state index contributed by atoms with van der Waals surface area (Å²) >= 11 is 5.98. The molecule has 1 atom stereocenters. The molecule has 8 heteroatoms. The highest BCUT2D eigenvalue weighted by molar-refractivity contribution is 6.34. The molecule has 0 aliphatic heterocycles. The molecule has 0 aromatic heterocycles. The van der Waals surface area contributed by atoms with Crippen molar-refractivity contribution in [2.45, 2.75) is 38.6 Å². The van der Waals surface area contributed by atoms with Crippen LogP contribution in [0.4, 0.5) is 5.69 Å². The largest absolute Gasteiger partial charge is 0.550 e. The first-order valence-electron chi connectivity index (χ1n) is 8.54. The van der Waals surface area contributed by atoms with Crippen molar-refractivity contribution >= 4 is 29.2 Å². The van der Waals surface area contributed by atoms with Gasteiger partial charge in [-0.25, -0.2) is 0 Å². The summed E-state index contributed by atoms with van der Waals surface area (Å²) in [6, 6.07) is 9.89. The second-order valence-electron chi connectivity index (χ2n) is 7.40. The Hall–Kier alpha value is -2.93. The van der Waals surface area contributed by atoms with E-state index >= 15 is 0 Å².